The molecule has 0 saturated heterocycles. The lowest BCUT2D eigenvalue weighted by molar-refractivity contribution is 0.309. The van der Waals surface area contributed by atoms with Gasteiger partial charge in [0, 0.05) is 6.04 Å². The number of benzene rings is 1. The maximum atomic E-state index is 5.73. The third-order valence-corrected chi connectivity index (χ3v) is 3.74. The first kappa shape index (κ1) is 17.0. The van der Waals surface area contributed by atoms with Gasteiger partial charge in [-0.2, -0.15) is 0 Å². The van der Waals surface area contributed by atoms with Gasteiger partial charge >= 0.3 is 0 Å². The Morgan fingerprint density at radius 1 is 1.05 bits per heavy atom. The molecule has 0 heterocycles. The molecule has 0 aliphatic heterocycles. The zero-order valence-electron chi connectivity index (χ0n) is 13.6. The molecule has 0 aromatic heterocycles. The monoisotopic (exact) mass is 277 g/mol. The lowest BCUT2D eigenvalue weighted by Gasteiger charge is -2.25. The standard InChI is InChI=1S/C18H31NO/c1-5-8-14-20-17-12-10-16(11-13-17)18(19-7-3)15(4)9-6-2/h10-13,15,18-19H,5-9,14H2,1-4H3. The molecule has 0 amide bonds. The number of nitrogens with one attached hydrogen (secondary N) is 1. The molecular formula is C18H31NO. The van der Waals surface area contributed by atoms with Crippen LogP contribution in [-0.2, 0) is 0 Å². The van der Waals surface area contributed by atoms with Gasteiger partial charge in [0.1, 0.15) is 5.75 Å². The van der Waals surface area contributed by atoms with Crippen LogP contribution in [0.2, 0.25) is 0 Å². The molecule has 0 aliphatic carbocycles. The molecule has 0 fully saturated rings. The first-order valence-corrected chi connectivity index (χ1v) is 8.19. The second kappa shape index (κ2) is 9.82. The lowest BCUT2D eigenvalue weighted by atomic mass is 9.91. The van der Waals surface area contributed by atoms with Crippen LogP contribution in [0, 0.1) is 5.92 Å². The molecule has 0 spiro atoms. The maximum Gasteiger partial charge on any atom is 0.119 e. The predicted molar refractivity (Wildman–Crippen MR) is 87.3 cm³/mol. The van der Waals surface area contributed by atoms with Crippen LogP contribution in [0.4, 0.5) is 0 Å². The summed E-state index contributed by atoms with van der Waals surface area (Å²) in [4.78, 5) is 0. The number of hydrogen-bond donors (Lipinski definition) is 1. The van der Waals surface area contributed by atoms with Gasteiger partial charge in [-0.3, -0.25) is 0 Å². The van der Waals surface area contributed by atoms with Crippen molar-refractivity contribution < 1.29 is 4.74 Å². The number of rotatable bonds is 10. The molecule has 0 radical (unpaired) electrons. The van der Waals surface area contributed by atoms with Gasteiger partial charge < -0.3 is 10.1 Å². The third-order valence-electron chi connectivity index (χ3n) is 3.74. The molecule has 0 aliphatic rings. The molecule has 20 heavy (non-hydrogen) atoms. The van der Waals surface area contributed by atoms with Crippen LogP contribution in [0.15, 0.2) is 24.3 Å². The van der Waals surface area contributed by atoms with E-state index in [1.54, 1.807) is 0 Å². The topological polar surface area (TPSA) is 21.3 Å². The van der Waals surface area contributed by atoms with Gasteiger partial charge in [0.25, 0.3) is 0 Å². The normalized spacial score (nSPS) is 14.0. The Bertz CT molecular complexity index is 347. The Morgan fingerprint density at radius 2 is 1.75 bits per heavy atom. The quantitative estimate of drug-likeness (QED) is 0.611. The fraction of sp³-hybridized carbons (Fsp3) is 0.667. The first-order chi connectivity index (χ1) is 9.72. The Labute approximate surface area is 124 Å². The molecule has 114 valence electrons. The number of unbranched alkanes of at least 4 members (excludes halogenated alkanes) is 1. The highest BCUT2D eigenvalue weighted by atomic mass is 16.5. The van der Waals surface area contributed by atoms with Crippen molar-refractivity contribution in [2.45, 2.75) is 59.4 Å². The minimum absolute atomic E-state index is 0.449. The summed E-state index contributed by atoms with van der Waals surface area (Å²) in [5, 5.41) is 3.61. The summed E-state index contributed by atoms with van der Waals surface area (Å²) >= 11 is 0. The highest BCUT2D eigenvalue weighted by Gasteiger charge is 2.17. The van der Waals surface area contributed by atoms with Gasteiger partial charge in [0.05, 0.1) is 6.61 Å². The van der Waals surface area contributed by atoms with E-state index in [0.29, 0.717) is 12.0 Å². The van der Waals surface area contributed by atoms with Crippen molar-refractivity contribution in [2.75, 3.05) is 13.2 Å². The van der Waals surface area contributed by atoms with Crippen LogP contribution < -0.4 is 10.1 Å². The van der Waals surface area contributed by atoms with E-state index in [0.717, 1.165) is 25.3 Å². The Morgan fingerprint density at radius 3 is 2.30 bits per heavy atom. The van der Waals surface area contributed by atoms with Gasteiger partial charge in [-0.05, 0) is 43.0 Å². The van der Waals surface area contributed by atoms with Gasteiger partial charge in [-0.25, -0.2) is 0 Å². The summed E-state index contributed by atoms with van der Waals surface area (Å²) in [6.07, 6.45) is 4.79. The molecule has 1 rings (SSSR count). The minimum Gasteiger partial charge on any atom is -0.494 e. The van der Waals surface area contributed by atoms with Crippen LogP contribution in [0.1, 0.15) is 65.0 Å². The van der Waals surface area contributed by atoms with Crippen molar-refractivity contribution in [1.82, 2.24) is 5.32 Å². The molecule has 2 nitrogen and oxygen atoms in total. The van der Waals surface area contributed by atoms with Crippen LogP contribution in [-0.4, -0.2) is 13.2 Å². The van der Waals surface area contributed by atoms with Crippen molar-refractivity contribution in [3.63, 3.8) is 0 Å². The van der Waals surface area contributed by atoms with Gasteiger partial charge in [0.2, 0.25) is 0 Å². The summed E-state index contributed by atoms with van der Waals surface area (Å²) in [5.74, 6) is 1.65. The van der Waals surface area contributed by atoms with Crippen LogP contribution in [0.5, 0.6) is 5.75 Å². The van der Waals surface area contributed by atoms with E-state index in [4.69, 9.17) is 4.74 Å². The number of hydrogen-bond acceptors (Lipinski definition) is 2. The van der Waals surface area contributed by atoms with Crippen molar-refractivity contribution in [3.05, 3.63) is 29.8 Å². The van der Waals surface area contributed by atoms with E-state index in [1.165, 1.54) is 24.8 Å². The summed E-state index contributed by atoms with van der Waals surface area (Å²) in [6, 6.07) is 9.08. The molecule has 1 aromatic rings. The van der Waals surface area contributed by atoms with E-state index in [1.807, 2.05) is 0 Å². The first-order valence-electron chi connectivity index (χ1n) is 8.19. The van der Waals surface area contributed by atoms with E-state index in [9.17, 15) is 0 Å². The lowest BCUT2D eigenvalue weighted by Crippen LogP contribution is -2.26. The smallest absolute Gasteiger partial charge is 0.119 e. The fourth-order valence-corrected chi connectivity index (χ4v) is 2.60. The SMILES string of the molecule is CCCCOc1ccc(C(NCC)C(C)CCC)cc1. The maximum absolute atomic E-state index is 5.73. The summed E-state index contributed by atoms with van der Waals surface area (Å²) < 4.78 is 5.73. The second-order valence-corrected chi connectivity index (χ2v) is 5.57. The van der Waals surface area contributed by atoms with E-state index in [2.05, 4.69) is 57.3 Å². The average molecular weight is 277 g/mol. The van der Waals surface area contributed by atoms with E-state index < -0.39 is 0 Å². The zero-order valence-corrected chi connectivity index (χ0v) is 13.6. The van der Waals surface area contributed by atoms with Gasteiger partial charge in [0.15, 0.2) is 0 Å². The molecule has 1 N–H and O–H groups in total. The summed E-state index contributed by atoms with van der Waals surface area (Å²) in [6.45, 7) is 10.8. The summed E-state index contributed by atoms with van der Waals surface area (Å²) in [5.41, 5.74) is 1.37. The van der Waals surface area contributed by atoms with Crippen molar-refractivity contribution in [1.29, 1.82) is 0 Å². The highest BCUT2D eigenvalue weighted by molar-refractivity contribution is 5.29. The zero-order chi connectivity index (χ0) is 14.8. The Kier molecular flexibility index (Phi) is 8.36. The molecule has 0 saturated carbocycles. The fourth-order valence-electron chi connectivity index (χ4n) is 2.60. The average Bonchev–Trinajstić information content (AvgIpc) is 2.46. The van der Waals surface area contributed by atoms with Crippen molar-refractivity contribution in [3.8, 4) is 5.75 Å². The molecule has 2 heteroatoms. The van der Waals surface area contributed by atoms with Crippen LogP contribution in [0.25, 0.3) is 0 Å². The van der Waals surface area contributed by atoms with Gasteiger partial charge in [-0.1, -0.05) is 52.7 Å². The van der Waals surface area contributed by atoms with Crippen molar-refractivity contribution in [2.24, 2.45) is 5.92 Å². The van der Waals surface area contributed by atoms with E-state index >= 15 is 0 Å². The predicted octanol–water partition coefficient (Wildman–Crippen LogP) is 4.95. The van der Waals surface area contributed by atoms with Crippen molar-refractivity contribution >= 4 is 0 Å². The van der Waals surface area contributed by atoms with E-state index in [-0.39, 0.29) is 0 Å². The Balaban J connectivity index is 2.67. The molecule has 2 atom stereocenters. The van der Waals surface area contributed by atoms with Gasteiger partial charge in [-0.15, -0.1) is 0 Å². The molecular weight excluding hydrogens is 246 g/mol. The van der Waals surface area contributed by atoms with Crippen LogP contribution in [0.3, 0.4) is 0 Å². The van der Waals surface area contributed by atoms with Crippen LogP contribution >= 0.6 is 0 Å². The minimum atomic E-state index is 0.449. The molecule has 1 aromatic carbocycles. The third kappa shape index (κ3) is 5.54. The molecule has 2 unspecified atom stereocenters. The second-order valence-electron chi connectivity index (χ2n) is 5.57. The molecule has 0 bridgehead atoms. The largest absolute Gasteiger partial charge is 0.494 e. The number of ether oxygens (including phenoxy) is 1. The summed E-state index contributed by atoms with van der Waals surface area (Å²) in [7, 11) is 0. The Hall–Kier alpha value is -1.02. The highest BCUT2D eigenvalue weighted by Crippen LogP contribution is 2.27.